The molecule has 0 saturated heterocycles. The van der Waals surface area contributed by atoms with Gasteiger partial charge in [0.1, 0.15) is 0 Å². The summed E-state index contributed by atoms with van der Waals surface area (Å²) in [5.41, 5.74) is 4.28. The summed E-state index contributed by atoms with van der Waals surface area (Å²) >= 11 is 0. The molecule has 39 heavy (non-hydrogen) atoms. The summed E-state index contributed by atoms with van der Waals surface area (Å²) in [6.07, 6.45) is 19.1. The van der Waals surface area contributed by atoms with Gasteiger partial charge in [0.05, 0.1) is 12.2 Å². The zero-order chi connectivity index (χ0) is 29.0. The number of allylic oxidation sites excluding steroid dienone is 3. The van der Waals surface area contributed by atoms with Crippen LogP contribution in [0.3, 0.4) is 0 Å². The molecular weight excluding hydrogens is 496 g/mol. The lowest BCUT2D eigenvalue weighted by Gasteiger charge is -2.44. The van der Waals surface area contributed by atoms with E-state index in [0.717, 1.165) is 29.7 Å². The SMILES string of the molecule is CC(C)CCC[C@@H](C)[C@H]1CC[C@H]2/C(=C/C=C3/C[C@@H](O[Si](C)(C)C(C)(C)C)C[C@H](O)/C3=C\CCO)CCC[C@]12C. The van der Waals surface area contributed by atoms with Crippen molar-refractivity contribution in [2.24, 2.45) is 29.1 Å². The highest BCUT2D eigenvalue weighted by Gasteiger charge is 2.50. The van der Waals surface area contributed by atoms with E-state index in [4.69, 9.17) is 4.43 Å². The highest BCUT2D eigenvalue weighted by molar-refractivity contribution is 6.74. The number of rotatable bonds is 10. The minimum atomic E-state index is -1.93. The molecule has 3 saturated carbocycles. The molecule has 0 radical (unpaired) electrons. The van der Waals surface area contributed by atoms with E-state index in [1.165, 1.54) is 56.9 Å². The maximum Gasteiger partial charge on any atom is 0.192 e. The highest BCUT2D eigenvalue weighted by atomic mass is 28.4. The summed E-state index contributed by atoms with van der Waals surface area (Å²) in [7, 11) is -1.93. The fourth-order valence-corrected chi connectivity index (χ4v) is 9.21. The van der Waals surface area contributed by atoms with Crippen LogP contribution in [0.15, 0.2) is 34.9 Å². The van der Waals surface area contributed by atoms with E-state index in [1.54, 1.807) is 5.57 Å². The second-order valence-corrected chi connectivity index (χ2v) is 20.2. The summed E-state index contributed by atoms with van der Waals surface area (Å²) < 4.78 is 6.80. The summed E-state index contributed by atoms with van der Waals surface area (Å²) in [6, 6.07) is 0. The van der Waals surface area contributed by atoms with Crippen LogP contribution in [-0.2, 0) is 4.43 Å². The van der Waals surface area contributed by atoms with Gasteiger partial charge in [0.2, 0.25) is 0 Å². The lowest BCUT2D eigenvalue weighted by Crippen LogP contribution is -2.46. The standard InChI is InChI=1S/C35H62O3Si/c1-25(2)13-10-14-26(3)31-19-20-32-27(15-11-21-35(31,32)7)17-18-28-23-29(38-39(8,9)34(4,5)6)24-33(37)30(28)16-12-22-36/h16-18,25-26,29,31-33,36-37H,10-15,19-24H2,1-9H3/b27-17+,28-18-,30-16-/t26-,29-,31-,32+,33+,35-/m1/s1. The lowest BCUT2D eigenvalue weighted by atomic mass is 9.60. The summed E-state index contributed by atoms with van der Waals surface area (Å²) in [5.74, 6) is 3.15. The molecule has 224 valence electrons. The second kappa shape index (κ2) is 13.5. The van der Waals surface area contributed by atoms with E-state index in [9.17, 15) is 10.2 Å². The molecule has 3 nitrogen and oxygen atoms in total. The average molecular weight is 559 g/mol. The predicted octanol–water partition coefficient (Wildman–Crippen LogP) is 9.37. The average Bonchev–Trinajstić information content (AvgIpc) is 3.18. The monoisotopic (exact) mass is 558 g/mol. The molecule has 0 bridgehead atoms. The van der Waals surface area contributed by atoms with Crippen molar-refractivity contribution in [2.45, 2.75) is 149 Å². The first-order valence-electron chi connectivity index (χ1n) is 16.3. The third-order valence-electron chi connectivity index (χ3n) is 11.1. The fourth-order valence-electron chi connectivity index (χ4n) is 7.84. The van der Waals surface area contributed by atoms with Crippen molar-refractivity contribution >= 4 is 8.32 Å². The molecule has 0 aromatic rings. The van der Waals surface area contributed by atoms with Crippen molar-refractivity contribution in [3.05, 3.63) is 34.9 Å². The molecule has 0 aliphatic heterocycles. The minimum absolute atomic E-state index is 0.0518. The van der Waals surface area contributed by atoms with Crippen molar-refractivity contribution < 1.29 is 14.6 Å². The number of fused-ring (bicyclic) bond motifs is 1. The smallest absolute Gasteiger partial charge is 0.192 e. The first kappa shape index (κ1) is 32.8. The Morgan fingerprint density at radius 2 is 1.82 bits per heavy atom. The third-order valence-corrected chi connectivity index (χ3v) is 15.6. The molecule has 0 unspecified atom stereocenters. The Kier molecular flexibility index (Phi) is 11.4. The first-order chi connectivity index (χ1) is 18.2. The number of aliphatic hydroxyl groups is 2. The van der Waals surface area contributed by atoms with E-state index < -0.39 is 14.4 Å². The molecule has 6 atom stereocenters. The molecule has 0 aromatic heterocycles. The van der Waals surface area contributed by atoms with Crippen LogP contribution in [0.1, 0.15) is 119 Å². The summed E-state index contributed by atoms with van der Waals surface area (Å²) in [4.78, 5) is 0. The zero-order valence-electron chi connectivity index (χ0n) is 27.0. The lowest BCUT2D eigenvalue weighted by molar-refractivity contribution is 0.0913. The maximum atomic E-state index is 11.2. The Labute approximate surface area is 242 Å². The van der Waals surface area contributed by atoms with E-state index in [0.29, 0.717) is 24.2 Å². The molecule has 0 amide bonds. The van der Waals surface area contributed by atoms with Gasteiger partial charge in [-0.05, 0) is 103 Å². The Balaban J connectivity index is 1.82. The van der Waals surface area contributed by atoms with Crippen LogP contribution in [0, 0.1) is 29.1 Å². The van der Waals surface area contributed by atoms with Gasteiger partial charge in [-0.3, -0.25) is 0 Å². The number of hydrogen-bond acceptors (Lipinski definition) is 3. The van der Waals surface area contributed by atoms with Gasteiger partial charge in [-0.15, -0.1) is 0 Å². The van der Waals surface area contributed by atoms with Crippen LogP contribution in [0.4, 0.5) is 0 Å². The second-order valence-electron chi connectivity index (χ2n) is 15.5. The third kappa shape index (κ3) is 7.99. The van der Waals surface area contributed by atoms with Crippen molar-refractivity contribution in [1.29, 1.82) is 0 Å². The van der Waals surface area contributed by atoms with Gasteiger partial charge in [-0.25, -0.2) is 0 Å². The molecule has 4 heteroatoms. The molecule has 0 spiro atoms. The van der Waals surface area contributed by atoms with E-state index in [1.807, 2.05) is 0 Å². The number of aliphatic hydroxyl groups excluding tert-OH is 2. The van der Waals surface area contributed by atoms with Crippen molar-refractivity contribution in [3.63, 3.8) is 0 Å². The Morgan fingerprint density at radius 3 is 2.46 bits per heavy atom. The minimum Gasteiger partial charge on any atom is -0.413 e. The Hall–Kier alpha value is -0.683. The fraction of sp³-hybridized carbons (Fsp3) is 0.829. The first-order valence-corrected chi connectivity index (χ1v) is 19.2. The van der Waals surface area contributed by atoms with Crippen LogP contribution >= 0.6 is 0 Å². The molecule has 2 N–H and O–H groups in total. The quantitative estimate of drug-likeness (QED) is 0.263. The van der Waals surface area contributed by atoms with Crippen molar-refractivity contribution in [1.82, 2.24) is 0 Å². The molecule has 3 fully saturated rings. The largest absolute Gasteiger partial charge is 0.413 e. The van der Waals surface area contributed by atoms with Gasteiger partial charge in [0, 0.05) is 13.0 Å². The molecule has 3 rings (SSSR count). The van der Waals surface area contributed by atoms with Gasteiger partial charge >= 0.3 is 0 Å². The topological polar surface area (TPSA) is 49.7 Å². The maximum absolute atomic E-state index is 11.2. The predicted molar refractivity (Wildman–Crippen MR) is 169 cm³/mol. The normalized spacial score (nSPS) is 34.3. The summed E-state index contributed by atoms with van der Waals surface area (Å²) in [5, 5.41) is 20.8. The van der Waals surface area contributed by atoms with Crippen LogP contribution in [0.5, 0.6) is 0 Å². The molecule has 0 aromatic carbocycles. The molecular formula is C35H62O3Si. The zero-order valence-corrected chi connectivity index (χ0v) is 28.0. The molecule has 3 aliphatic carbocycles. The Bertz CT molecular complexity index is 892. The van der Waals surface area contributed by atoms with Crippen LogP contribution < -0.4 is 0 Å². The summed E-state index contributed by atoms with van der Waals surface area (Å²) in [6.45, 7) is 21.4. The van der Waals surface area contributed by atoms with Gasteiger partial charge < -0.3 is 14.6 Å². The molecule has 3 aliphatic rings. The van der Waals surface area contributed by atoms with Crippen molar-refractivity contribution in [2.75, 3.05) is 6.61 Å². The van der Waals surface area contributed by atoms with Crippen LogP contribution in [0.2, 0.25) is 18.1 Å². The highest BCUT2D eigenvalue weighted by Crippen LogP contribution is 2.60. The number of hydrogen-bond donors (Lipinski definition) is 2. The van der Waals surface area contributed by atoms with E-state index >= 15 is 0 Å². The van der Waals surface area contributed by atoms with Crippen LogP contribution in [0.25, 0.3) is 0 Å². The van der Waals surface area contributed by atoms with Gasteiger partial charge in [-0.2, -0.15) is 0 Å². The van der Waals surface area contributed by atoms with E-state index in [2.05, 4.69) is 79.8 Å². The Morgan fingerprint density at radius 1 is 1.10 bits per heavy atom. The van der Waals surface area contributed by atoms with Gasteiger partial charge in [-0.1, -0.05) is 91.5 Å². The van der Waals surface area contributed by atoms with Crippen molar-refractivity contribution in [3.8, 4) is 0 Å². The van der Waals surface area contributed by atoms with Crippen LogP contribution in [-0.4, -0.2) is 37.3 Å². The molecule has 0 heterocycles. The van der Waals surface area contributed by atoms with E-state index in [-0.39, 0.29) is 17.7 Å². The van der Waals surface area contributed by atoms with Gasteiger partial charge in [0.25, 0.3) is 0 Å². The van der Waals surface area contributed by atoms with Gasteiger partial charge in [0.15, 0.2) is 8.32 Å².